The van der Waals surface area contributed by atoms with Crippen molar-refractivity contribution in [1.29, 1.82) is 0 Å². The Morgan fingerprint density at radius 2 is 2.22 bits per heavy atom. The fourth-order valence-electron chi connectivity index (χ4n) is 1.58. The van der Waals surface area contributed by atoms with Crippen molar-refractivity contribution in [1.82, 2.24) is 14.8 Å². The largest absolute Gasteiger partial charge is 0.388 e. The molecule has 0 atom stereocenters. The standard InChI is InChI=1S/C10H9ClN4O3/c1-14-9(5-16)12-13-10(14)7-3-2-6(11)4-8(7)15(17)18/h2-4,16H,5H2,1H3. The van der Waals surface area contributed by atoms with Gasteiger partial charge in [0.25, 0.3) is 5.69 Å². The van der Waals surface area contributed by atoms with E-state index in [0.29, 0.717) is 17.2 Å². The summed E-state index contributed by atoms with van der Waals surface area (Å²) in [5.41, 5.74) is 0.154. The summed E-state index contributed by atoms with van der Waals surface area (Å²) >= 11 is 5.73. The Balaban J connectivity index is 2.63. The number of aromatic nitrogens is 3. The van der Waals surface area contributed by atoms with Gasteiger partial charge in [-0.1, -0.05) is 11.6 Å². The van der Waals surface area contributed by atoms with E-state index in [9.17, 15) is 10.1 Å². The molecule has 1 aromatic carbocycles. The Kier molecular flexibility index (Phi) is 3.26. The Morgan fingerprint density at radius 3 is 2.78 bits per heavy atom. The molecule has 0 aliphatic carbocycles. The maximum absolute atomic E-state index is 11.0. The monoisotopic (exact) mass is 268 g/mol. The van der Waals surface area contributed by atoms with E-state index in [0.717, 1.165) is 0 Å². The van der Waals surface area contributed by atoms with Crippen molar-refractivity contribution >= 4 is 17.3 Å². The van der Waals surface area contributed by atoms with E-state index >= 15 is 0 Å². The molecule has 1 heterocycles. The SMILES string of the molecule is Cn1c(CO)nnc1-c1ccc(Cl)cc1[N+](=O)[O-]. The molecule has 0 saturated heterocycles. The molecule has 0 saturated carbocycles. The number of halogens is 1. The molecule has 1 N–H and O–H groups in total. The van der Waals surface area contributed by atoms with Crippen molar-refractivity contribution < 1.29 is 10.0 Å². The highest BCUT2D eigenvalue weighted by Crippen LogP contribution is 2.31. The van der Waals surface area contributed by atoms with Crippen LogP contribution in [-0.2, 0) is 13.7 Å². The van der Waals surface area contributed by atoms with Gasteiger partial charge in [-0.15, -0.1) is 10.2 Å². The van der Waals surface area contributed by atoms with Crippen molar-refractivity contribution in [2.45, 2.75) is 6.61 Å². The fraction of sp³-hybridized carbons (Fsp3) is 0.200. The highest BCUT2D eigenvalue weighted by atomic mass is 35.5. The highest BCUT2D eigenvalue weighted by Gasteiger charge is 2.20. The Hall–Kier alpha value is -1.99. The zero-order valence-corrected chi connectivity index (χ0v) is 10.1. The minimum absolute atomic E-state index is 0.150. The molecule has 0 radical (unpaired) electrons. The lowest BCUT2D eigenvalue weighted by Gasteiger charge is -2.03. The molecule has 2 aromatic rings. The third-order valence-corrected chi connectivity index (χ3v) is 2.74. The molecule has 18 heavy (non-hydrogen) atoms. The summed E-state index contributed by atoms with van der Waals surface area (Å²) < 4.78 is 1.50. The molecule has 0 bridgehead atoms. The van der Waals surface area contributed by atoms with Crippen LogP contribution < -0.4 is 0 Å². The first kappa shape index (κ1) is 12.5. The van der Waals surface area contributed by atoms with Gasteiger partial charge in [0.15, 0.2) is 11.6 Å². The van der Waals surface area contributed by atoms with Crippen LogP contribution in [0.3, 0.4) is 0 Å². The zero-order valence-electron chi connectivity index (χ0n) is 9.37. The number of hydrogen-bond donors (Lipinski definition) is 1. The zero-order chi connectivity index (χ0) is 13.3. The predicted octanol–water partition coefficient (Wildman–Crippen LogP) is 1.54. The molecule has 0 spiro atoms. The summed E-state index contributed by atoms with van der Waals surface area (Å²) in [4.78, 5) is 10.4. The highest BCUT2D eigenvalue weighted by molar-refractivity contribution is 6.30. The van der Waals surface area contributed by atoms with Gasteiger partial charge in [-0.05, 0) is 12.1 Å². The van der Waals surface area contributed by atoms with E-state index < -0.39 is 4.92 Å². The van der Waals surface area contributed by atoms with Crippen molar-refractivity contribution in [3.05, 3.63) is 39.2 Å². The molecule has 8 heteroatoms. The first-order valence-corrected chi connectivity index (χ1v) is 5.36. The summed E-state index contributed by atoms with van der Waals surface area (Å²) in [6.07, 6.45) is 0. The van der Waals surface area contributed by atoms with Gasteiger partial charge in [0.2, 0.25) is 0 Å². The average molecular weight is 269 g/mol. The van der Waals surface area contributed by atoms with Crippen molar-refractivity contribution in [3.8, 4) is 11.4 Å². The van der Waals surface area contributed by atoms with Crippen LogP contribution in [0.4, 0.5) is 5.69 Å². The smallest absolute Gasteiger partial charge is 0.281 e. The second kappa shape index (κ2) is 4.71. The number of aliphatic hydroxyl groups is 1. The number of nitrogens with zero attached hydrogens (tertiary/aromatic N) is 4. The van der Waals surface area contributed by atoms with Gasteiger partial charge in [0.1, 0.15) is 6.61 Å². The molecule has 2 rings (SSSR count). The van der Waals surface area contributed by atoms with Crippen LogP contribution in [0.2, 0.25) is 5.02 Å². The summed E-state index contributed by atoms with van der Waals surface area (Å²) in [5.74, 6) is 0.636. The van der Waals surface area contributed by atoms with Gasteiger partial charge >= 0.3 is 0 Å². The van der Waals surface area contributed by atoms with Crippen LogP contribution in [0, 0.1) is 10.1 Å². The molecule has 0 unspecified atom stereocenters. The van der Waals surface area contributed by atoms with E-state index in [1.54, 1.807) is 7.05 Å². The van der Waals surface area contributed by atoms with E-state index in [4.69, 9.17) is 16.7 Å². The first-order chi connectivity index (χ1) is 8.54. The number of nitro groups is 1. The van der Waals surface area contributed by atoms with Crippen LogP contribution in [0.5, 0.6) is 0 Å². The van der Waals surface area contributed by atoms with Crippen LogP contribution in [-0.4, -0.2) is 24.8 Å². The summed E-state index contributed by atoms with van der Waals surface area (Å²) in [6.45, 7) is -0.287. The molecule has 0 amide bonds. The number of aliphatic hydroxyl groups excluding tert-OH is 1. The molecule has 0 aliphatic heterocycles. The minimum Gasteiger partial charge on any atom is -0.388 e. The van der Waals surface area contributed by atoms with E-state index in [1.165, 1.54) is 22.8 Å². The van der Waals surface area contributed by atoms with Crippen LogP contribution >= 0.6 is 11.6 Å². The van der Waals surface area contributed by atoms with Crippen molar-refractivity contribution in [3.63, 3.8) is 0 Å². The maximum Gasteiger partial charge on any atom is 0.281 e. The van der Waals surface area contributed by atoms with E-state index in [2.05, 4.69) is 10.2 Å². The van der Waals surface area contributed by atoms with Gasteiger partial charge in [0.05, 0.1) is 10.5 Å². The third-order valence-electron chi connectivity index (χ3n) is 2.50. The van der Waals surface area contributed by atoms with E-state index in [-0.39, 0.29) is 17.3 Å². The number of nitro benzene ring substituents is 1. The van der Waals surface area contributed by atoms with Crippen molar-refractivity contribution in [2.24, 2.45) is 7.05 Å². The Labute approximate surface area is 107 Å². The summed E-state index contributed by atoms with van der Waals surface area (Å²) in [7, 11) is 1.62. The number of rotatable bonds is 3. The quantitative estimate of drug-likeness (QED) is 0.673. The van der Waals surface area contributed by atoms with Crippen LogP contribution in [0.25, 0.3) is 11.4 Å². The third kappa shape index (κ3) is 2.05. The summed E-state index contributed by atoms with van der Waals surface area (Å²) in [6, 6.07) is 4.30. The second-order valence-electron chi connectivity index (χ2n) is 3.58. The van der Waals surface area contributed by atoms with Gasteiger partial charge < -0.3 is 9.67 Å². The van der Waals surface area contributed by atoms with Crippen molar-refractivity contribution in [2.75, 3.05) is 0 Å². The average Bonchev–Trinajstić information content (AvgIpc) is 2.70. The summed E-state index contributed by atoms with van der Waals surface area (Å²) in [5, 5.41) is 27.8. The molecule has 94 valence electrons. The normalized spacial score (nSPS) is 10.6. The first-order valence-electron chi connectivity index (χ1n) is 4.98. The van der Waals surface area contributed by atoms with Gasteiger partial charge in [-0.3, -0.25) is 10.1 Å². The Bertz CT molecular complexity index is 611. The predicted molar refractivity (Wildman–Crippen MR) is 64.0 cm³/mol. The lowest BCUT2D eigenvalue weighted by molar-refractivity contribution is -0.384. The number of hydrogen-bond acceptors (Lipinski definition) is 5. The molecule has 0 fully saturated rings. The topological polar surface area (TPSA) is 94.1 Å². The molecular formula is C10H9ClN4O3. The van der Waals surface area contributed by atoms with Gasteiger partial charge in [-0.25, -0.2) is 0 Å². The lowest BCUT2D eigenvalue weighted by Crippen LogP contribution is -2.01. The molecule has 0 aliphatic rings. The van der Waals surface area contributed by atoms with Crippen LogP contribution in [0.1, 0.15) is 5.82 Å². The molecular weight excluding hydrogens is 260 g/mol. The minimum atomic E-state index is -0.533. The van der Waals surface area contributed by atoms with E-state index in [1.807, 2.05) is 0 Å². The van der Waals surface area contributed by atoms with Crippen LogP contribution in [0.15, 0.2) is 18.2 Å². The maximum atomic E-state index is 11.0. The Morgan fingerprint density at radius 1 is 1.50 bits per heavy atom. The number of benzene rings is 1. The molecule has 7 nitrogen and oxygen atoms in total. The second-order valence-corrected chi connectivity index (χ2v) is 4.01. The molecule has 1 aromatic heterocycles. The van der Waals surface area contributed by atoms with Gasteiger partial charge in [0, 0.05) is 18.1 Å². The lowest BCUT2D eigenvalue weighted by atomic mass is 10.1. The van der Waals surface area contributed by atoms with Gasteiger partial charge in [-0.2, -0.15) is 0 Å². The fourth-order valence-corrected chi connectivity index (χ4v) is 1.74.